The van der Waals surface area contributed by atoms with Gasteiger partial charge in [-0.25, -0.2) is 0 Å². The number of carbonyl (C=O) groups is 1. The second-order valence-corrected chi connectivity index (χ2v) is 3.84. The number of alkyl halides is 4. The van der Waals surface area contributed by atoms with Crippen LogP contribution in [-0.4, -0.2) is 18.0 Å². The van der Waals surface area contributed by atoms with Crippen LogP contribution in [0.3, 0.4) is 0 Å². The van der Waals surface area contributed by atoms with Gasteiger partial charge in [-0.3, -0.25) is 4.79 Å². The van der Waals surface area contributed by atoms with Gasteiger partial charge in [-0.2, -0.15) is 0 Å². The van der Waals surface area contributed by atoms with E-state index in [1.807, 2.05) is 0 Å². The molecule has 16 heavy (non-hydrogen) atoms. The van der Waals surface area contributed by atoms with Crippen LogP contribution in [0, 0.1) is 0 Å². The minimum absolute atomic E-state index is 0.0424. The Labute approximate surface area is 102 Å². The van der Waals surface area contributed by atoms with Crippen LogP contribution < -0.4 is 4.74 Å². The second kappa shape index (κ2) is 5.05. The first-order chi connectivity index (χ1) is 7.35. The number of ketones is 1. The molecule has 2 nitrogen and oxygen atoms in total. The average Bonchev–Trinajstić information content (AvgIpc) is 2.18. The third kappa shape index (κ3) is 3.38. The number of benzene rings is 1. The molecule has 0 radical (unpaired) electrons. The van der Waals surface area contributed by atoms with Crippen LogP contribution in [0.4, 0.5) is 13.2 Å². The molecule has 0 fully saturated rings. The predicted octanol–water partition coefficient (Wildman–Crippen LogP) is 3.77. The van der Waals surface area contributed by atoms with E-state index in [1.165, 1.54) is 18.2 Å². The smallest absolute Gasteiger partial charge is 0.404 e. The lowest BCUT2D eigenvalue weighted by atomic mass is 10.1. The summed E-state index contributed by atoms with van der Waals surface area (Å²) in [6, 6.07) is 3.98. The molecule has 0 aliphatic heterocycles. The lowest BCUT2D eigenvalue weighted by Gasteiger charge is -2.13. The van der Waals surface area contributed by atoms with Gasteiger partial charge >= 0.3 is 6.36 Å². The van der Waals surface area contributed by atoms with Crippen LogP contribution in [0.5, 0.6) is 5.75 Å². The maximum Gasteiger partial charge on any atom is 0.573 e. The molecule has 0 unspecified atom stereocenters. The molecule has 0 aromatic heterocycles. The molecule has 0 N–H and O–H groups in total. The molecule has 7 heteroatoms. The van der Waals surface area contributed by atoms with E-state index >= 15 is 0 Å². The van der Waals surface area contributed by atoms with E-state index in [4.69, 9.17) is 11.6 Å². The van der Waals surface area contributed by atoms with Crippen LogP contribution in [0.2, 0.25) is 0 Å². The van der Waals surface area contributed by atoms with Crippen LogP contribution in [0.15, 0.2) is 22.7 Å². The molecule has 1 aromatic rings. The Hall–Kier alpha value is -0.750. The fourth-order valence-electron chi connectivity index (χ4n) is 1.02. The lowest BCUT2D eigenvalue weighted by molar-refractivity contribution is -0.275. The minimum atomic E-state index is -4.86. The normalized spacial score (nSPS) is 11.3. The van der Waals surface area contributed by atoms with Crippen molar-refractivity contribution >= 4 is 33.3 Å². The van der Waals surface area contributed by atoms with Gasteiger partial charge in [0.15, 0.2) is 11.5 Å². The Morgan fingerprint density at radius 3 is 2.56 bits per heavy atom. The van der Waals surface area contributed by atoms with Gasteiger partial charge in [-0.05, 0) is 28.1 Å². The van der Waals surface area contributed by atoms with E-state index in [-0.39, 0.29) is 10.0 Å². The minimum Gasteiger partial charge on any atom is -0.404 e. The summed E-state index contributed by atoms with van der Waals surface area (Å²) in [5.74, 6) is -1.62. The van der Waals surface area contributed by atoms with Gasteiger partial charge in [-0.15, -0.1) is 24.8 Å². The van der Waals surface area contributed by atoms with Gasteiger partial charge in [-0.1, -0.05) is 6.07 Å². The summed E-state index contributed by atoms with van der Waals surface area (Å²) in [5, 5.41) is 0. The number of halogens is 5. The van der Waals surface area contributed by atoms with E-state index in [0.717, 1.165) is 0 Å². The van der Waals surface area contributed by atoms with Gasteiger partial charge in [0.25, 0.3) is 0 Å². The standard InChI is InChI=1S/C9H5BrClF3O2/c10-6-3-1-2-5(7(15)4-11)8(6)16-9(12,13)14/h1-3H,4H2. The SMILES string of the molecule is O=C(CCl)c1cccc(Br)c1OC(F)(F)F. The molecular formula is C9H5BrClF3O2. The highest BCUT2D eigenvalue weighted by molar-refractivity contribution is 9.10. The summed E-state index contributed by atoms with van der Waals surface area (Å²) in [4.78, 5) is 11.3. The molecular weight excluding hydrogens is 312 g/mol. The zero-order chi connectivity index (χ0) is 12.3. The number of carbonyl (C=O) groups excluding carboxylic acids is 1. The van der Waals surface area contributed by atoms with Crippen molar-refractivity contribution in [3.63, 3.8) is 0 Å². The quantitative estimate of drug-likeness (QED) is 0.626. The maximum atomic E-state index is 12.1. The Bertz CT molecular complexity index is 406. The molecule has 0 bridgehead atoms. The third-order valence-electron chi connectivity index (χ3n) is 1.61. The van der Waals surface area contributed by atoms with Gasteiger partial charge < -0.3 is 4.74 Å². The Morgan fingerprint density at radius 2 is 2.06 bits per heavy atom. The van der Waals surface area contributed by atoms with E-state index in [0.29, 0.717) is 0 Å². The number of rotatable bonds is 3. The number of hydrogen-bond acceptors (Lipinski definition) is 2. The first-order valence-electron chi connectivity index (χ1n) is 3.98. The molecule has 0 amide bonds. The molecule has 1 aromatic carbocycles. The predicted molar refractivity (Wildman–Crippen MR) is 55.9 cm³/mol. The summed E-state index contributed by atoms with van der Waals surface area (Å²) in [5.41, 5.74) is -0.207. The topological polar surface area (TPSA) is 26.3 Å². The van der Waals surface area contributed by atoms with Crippen LogP contribution in [0.25, 0.3) is 0 Å². The van der Waals surface area contributed by atoms with Crippen LogP contribution >= 0.6 is 27.5 Å². The van der Waals surface area contributed by atoms with E-state index in [1.54, 1.807) is 0 Å². The van der Waals surface area contributed by atoms with Gasteiger partial charge in [0.2, 0.25) is 0 Å². The summed E-state index contributed by atoms with van der Waals surface area (Å²) in [6.45, 7) is 0. The van der Waals surface area contributed by atoms with Crippen molar-refractivity contribution in [2.24, 2.45) is 0 Å². The van der Waals surface area contributed by atoms with Gasteiger partial charge in [0.05, 0.1) is 15.9 Å². The monoisotopic (exact) mass is 316 g/mol. The molecule has 0 spiro atoms. The lowest BCUT2D eigenvalue weighted by Crippen LogP contribution is -2.19. The van der Waals surface area contributed by atoms with Crippen molar-refractivity contribution in [2.45, 2.75) is 6.36 Å². The first kappa shape index (κ1) is 13.3. The largest absolute Gasteiger partial charge is 0.573 e. The summed E-state index contributed by atoms with van der Waals surface area (Å²) < 4.78 is 40.0. The van der Waals surface area contributed by atoms with Crippen molar-refractivity contribution in [1.82, 2.24) is 0 Å². The summed E-state index contributed by atoms with van der Waals surface area (Å²) in [7, 11) is 0. The zero-order valence-electron chi connectivity index (χ0n) is 7.65. The van der Waals surface area contributed by atoms with Gasteiger partial charge in [0, 0.05) is 0 Å². The van der Waals surface area contributed by atoms with E-state index in [9.17, 15) is 18.0 Å². The number of Topliss-reactive ketones (excluding diaryl/α,β-unsaturated/α-hetero) is 1. The Balaban J connectivity index is 3.19. The van der Waals surface area contributed by atoms with Crippen molar-refractivity contribution in [1.29, 1.82) is 0 Å². The molecule has 0 aliphatic rings. The van der Waals surface area contributed by atoms with Crippen LogP contribution in [0.1, 0.15) is 10.4 Å². The average molecular weight is 317 g/mol. The highest BCUT2D eigenvalue weighted by atomic mass is 79.9. The maximum absolute atomic E-state index is 12.1. The molecule has 0 atom stereocenters. The molecule has 1 rings (SSSR count). The third-order valence-corrected chi connectivity index (χ3v) is 2.47. The highest BCUT2D eigenvalue weighted by Gasteiger charge is 2.33. The number of hydrogen-bond donors (Lipinski definition) is 0. The summed E-state index contributed by atoms with van der Waals surface area (Å²) in [6.07, 6.45) is -4.86. The Kier molecular flexibility index (Phi) is 4.21. The Morgan fingerprint density at radius 1 is 1.44 bits per heavy atom. The molecule has 0 aliphatic carbocycles. The summed E-state index contributed by atoms with van der Waals surface area (Å²) >= 11 is 8.16. The van der Waals surface area contributed by atoms with Crippen molar-refractivity contribution < 1.29 is 22.7 Å². The fraction of sp³-hybridized carbons (Fsp3) is 0.222. The highest BCUT2D eigenvalue weighted by Crippen LogP contribution is 2.34. The number of ether oxygens (including phenoxy) is 1. The second-order valence-electron chi connectivity index (χ2n) is 2.72. The van der Waals surface area contributed by atoms with Crippen molar-refractivity contribution in [3.05, 3.63) is 28.2 Å². The zero-order valence-corrected chi connectivity index (χ0v) is 9.99. The van der Waals surface area contributed by atoms with E-state index in [2.05, 4.69) is 20.7 Å². The number of para-hydroxylation sites is 1. The fourth-order valence-corrected chi connectivity index (χ4v) is 1.61. The first-order valence-corrected chi connectivity index (χ1v) is 5.31. The molecule has 0 saturated carbocycles. The van der Waals surface area contributed by atoms with Crippen LogP contribution in [-0.2, 0) is 0 Å². The van der Waals surface area contributed by atoms with Crippen molar-refractivity contribution in [2.75, 3.05) is 5.88 Å². The molecule has 0 saturated heterocycles. The molecule has 0 heterocycles. The molecule has 88 valence electrons. The van der Waals surface area contributed by atoms with Crippen molar-refractivity contribution in [3.8, 4) is 5.75 Å². The van der Waals surface area contributed by atoms with E-state index < -0.39 is 23.8 Å². The van der Waals surface area contributed by atoms with Gasteiger partial charge in [0.1, 0.15) is 0 Å².